The van der Waals surface area contributed by atoms with E-state index in [4.69, 9.17) is 0 Å². The van der Waals surface area contributed by atoms with Crippen molar-refractivity contribution in [2.45, 2.75) is 22.0 Å². The number of pyridine rings is 1. The largest absolute Gasteiger partial charge is 0.264 e. The fourth-order valence-corrected chi connectivity index (χ4v) is 5.69. The van der Waals surface area contributed by atoms with E-state index in [2.05, 4.69) is 9.71 Å². The molecule has 2 aromatic carbocycles. The normalized spacial score (nSPS) is 13.2. The third kappa shape index (κ3) is 4.72. The molecule has 0 aliphatic rings. The van der Waals surface area contributed by atoms with E-state index in [0.717, 1.165) is 36.4 Å². The summed E-state index contributed by atoms with van der Waals surface area (Å²) in [5.41, 5.74) is 0.411. The van der Waals surface area contributed by atoms with Gasteiger partial charge in [0.25, 0.3) is 0 Å². The molecule has 6 nitrogen and oxygen atoms in total. The van der Waals surface area contributed by atoms with Gasteiger partial charge >= 0.3 is 0 Å². The molecule has 1 atom stereocenters. The number of hydrogen-bond acceptors (Lipinski definition) is 5. The maximum absolute atomic E-state index is 13.6. The molecule has 10 heteroatoms. The molecular weight excluding hydrogens is 434 g/mol. The highest BCUT2D eigenvalue weighted by atomic mass is 32.2. The molecule has 0 aliphatic heterocycles. The Bertz CT molecular complexity index is 1250. The number of benzene rings is 2. The summed E-state index contributed by atoms with van der Waals surface area (Å²) in [4.78, 5) is 3.57. The van der Waals surface area contributed by atoms with Gasteiger partial charge in [0.1, 0.15) is 16.9 Å². The average molecular weight is 453 g/mol. The highest BCUT2D eigenvalue weighted by molar-refractivity contribution is 7.92. The second kappa shape index (κ2) is 8.58. The van der Waals surface area contributed by atoms with Gasteiger partial charge in [0, 0.05) is 18.9 Å². The lowest BCUT2D eigenvalue weighted by atomic mass is 10.2. The van der Waals surface area contributed by atoms with E-state index in [0.29, 0.717) is 0 Å². The van der Waals surface area contributed by atoms with Crippen LogP contribution in [0.4, 0.5) is 8.78 Å². The van der Waals surface area contributed by atoms with Crippen LogP contribution in [-0.2, 0) is 19.9 Å². The number of rotatable bonds is 7. The lowest BCUT2D eigenvalue weighted by Crippen LogP contribution is -2.32. The van der Waals surface area contributed by atoms with Gasteiger partial charge in [0.2, 0.25) is 10.0 Å². The molecule has 0 aliphatic carbocycles. The lowest BCUT2D eigenvalue weighted by molar-refractivity contribution is 0.567. The van der Waals surface area contributed by atoms with Crippen LogP contribution in [0.2, 0.25) is 0 Å². The third-order valence-corrected chi connectivity index (χ3v) is 8.01. The predicted molar refractivity (Wildman–Crippen MR) is 107 cm³/mol. The zero-order valence-corrected chi connectivity index (χ0v) is 17.4. The Morgan fingerprint density at radius 2 is 1.63 bits per heavy atom. The van der Waals surface area contributed by atoms with E-state index in [1.54, 1.807) is 0 Å². The van der Waals surface area contributed by atoms with Crippen molar-refractivity contribution >= 4 is 19.9 Å². The lowest BCUT2D eigenvalue weighted by Gasteiger charge is -2.19. The number of aromatic nitrogens is 1. The second-order valence-electron chi connectivity index (χ2n) is 6.54. The highest BCUT2D eigenvalue weighted by Crippen LogP contribution is 2.29. The summed E-state index contributed by atoms with van der Waals surface area (Å²) in [7, 11) is -8.20. The number of sulfonamides is 1. The van der Waals surface area contributed by atoms with Gasteiger partial charge in [-0.1, -0.05) is 6.07 Å². The maximum atomic E-state index is 13.6. The molecular formula is C20H18F2N2O4S2. The Balaban J connectivity index is 1.97. The van der Waals surface area contributed by atoms with Crippen molar-refractivity contribution in [2.24, 2.45) is 0 Å². The first-order valence-electron chi connectivity index (χ1n) is 8.76. The molecule has 0 radical (unpaired) electrons. The summed E-state index contributed by atoms with van der Waals surface area (Å²) in [6, 6.07) is 10.6. The number of nitrogens with zero attached hydrogens (tertiary/aromatic N) is 1. The molecule has 0 saturated carbocycles. The van der Waals surface area contributed by atoms with Crippen LogP contribution in [-0.4, -0.2) is 28.4 Å². The van der Waals surface area contributed by atoms with Crippen LogP contribution < -0.4 is 4.72 Å². The van der Waals surface area contributed by atoms with Crippen molar-refractivity contribution in [3.05, 3.63) is 89.8 Å². The fraction of sp³-hybridized carbons (Fsp3) is 0.150. The molecule has 158 valence electrons. The SMILES string of the molecule is Cc1cc(S(=O)(=O)[C@H](CNS(=O)(=O)c2ccc(F)cc2)c2cccnc2)ccc1F. The number of halogens is 2. The molecule has 3 rings (SSSR count). The van der Waals surface area contributed by atoms with Gasteiger partial charge in [-0.2, -0.15) is 0 Å². The molecule has 3 aromatic rings. The number of aryl methyl sites for hydroxylation is 1. The number of nitrogens with one attached hydrogen (secondary N) is 1. The molecule has 0 fully saturated rings. The number of sulfone groups is 1. The summed E-state index contributed by atoms with van der Waals surface area (Å²) in [5.74, 6) is -1.15. The van der Waals surface area contributed by atoms with Gasteiger partial charge in [-0.05, 0) is 66.6 Å². The Labute approximate surface area is 173 Å². The maximum Gasteiger partial charge on any atom is 0.240 e. The quantitative estimate of drug-likeness (QED) is 0.556. The second-order valence-corrected chi connectivity index (χ2v) is 10.4. The first-order valence-corrected chi connectivity index (χ1v) is 11.8. The molecule has 0 saturated heterocycles. The topological polar surface area (TPSA) is 93.2 Å². The monoisotopic (exact) mass is 452 g/mol. The molecule has 0 spiro atoms. The summed E-state index contributed by atoms with van der Waals surface area (Å²) < 4.78 is 80.6. The molecule has 1 heterocycles. The van der Waals surface area contributed by atoms with Crippen LogP contribution in [0.25, 0.3) is 0 Å². The Kier molecular flexibility index (Phi) is 6.30. The fourth-order valence-electron chi connectivity index (χ4n) is 2.81. The van der Waals surface area contributed by atoms with Crippen LogP contribution >= 0.6 is 0 Å². The van der Waals surface area contributed by atoms with E-state index < -0.39 is 43.3 Å². The van der Waals surface area contributed by atoms with Crippen LogP contribution in [0.15, 0.2) is 76.8 Å². The van der Waals surface area contributed by atoms with E-state index in [-0.39, 0.29) is 20.9 Å². The number of hydrogen-bond donors (Lipinski definition) is 1. The van der Waals surface area contributed by atoms with Crippen molar-refractivity contribution in [3.63, 3.8) is 0 Å². The zero-order valence-electron chi connectivity index (χ0n) is 15.8. The summed E-state index contributed by atoms with van der Waals surface area (Å²) in [6.45, 7) is 0.939. The van der Waals surface area contributed by atoms with Crippen molar-refractivity contribution in [2.75, 3.05) is 6.54 Å². The van der Waals surface area contributed by atoms with Crippen LogP contribution in [0, 0.1) is 18.6 Å². The first kappa shape index (κ1) is 22.0. The highest BCUT2D eigenvalue weighted by Gasteiger charge is 2.31. The summed E-state index contributed by atoms with van der Waals surface area (Å²) in [6.07, 6.45) is 2.78. The molecule has 0 bridgehead atoms. The van der Waals surface area contributed by atoms with Crippen molar-refractivity contribution in [1.29, 1.82) is 0 Å². The van der Waals surface area contributed by atoms with Gasteiger partial charge in [-0.15, -0.1) is 0 Å². The molecule has 0 unspecified atom stereocenters. The molecule has 30 heavy (non-hydrogen) atoms. The smallest absolute Gasteiger partial charge is 0.240 e. The zero-order chi connectivity index (χ0) is 21.9. The van der Waals surface area contributed by atoms with Crippen LogP contribution in [0.1, 0.15) is 16.4 Å². The van der Waals surface area contributed by atoms with Crippen LogP contribution in [0.5, 0.6) is 0 Å². The summed E-state index contributed by atoms with van der Waals surface area (Å²) >= 11 is 0. The Hall–Kier alpha value is -2.69. The standard InChI is InChI=1S/C20H18F2N2O4S2/c1-14-11-18(8-9-19(14)22)29(25,26)20(15-3-2-10-23-12-15)13-24-30(27,28)17-6-4-16(21)5-7-17/h2-12,20,24H,13H2,1H3/t20-/m1/s1. The van der Waals surface area contributed by atoms with E-state index >= 15 is 0 Å². The van der Waals surface area contributed by atoms with E-state index in [9.17, 15) is 25.6 Å². The van der Waals surface area contributed by atoms with Gasteiger partial charge in [-0.3, -0.25) is 4.98 Å². The Morgan fingerprint density at radius 1 is 0.967 bits per heavy atom. The molecule has 0 amide bonds. The van der Waals surface area contributed by atoms with Crippen LogP contribution in [0.3, 0.4) is 0 Å². The first-order chi connectivity index (χ1) is 14.1. The minimum absolute atomic E-state index is 0.142. The minimum Gasteiger partial charge on any atom is -0.264 e. The van der Waals surface area contributed by atoms with Gasteiger partial charge in [0.05, 0.1) is 9.79 Å². The Morgan fingerprint density at radius 3 is 2.23 bits per heavy atom. The molecule has 1 aromatic heterocycles. The van der Waals surface area contributed by atoms with E-state index in [1.165, 1.54) is 37.5 Å². The van der Waals surface area contributed by atoms with Crippen molar-refractivity contribution in [1.82, 2.24) is 9.71 Å². The third-order valence-electron chi connectivity index (χ3n) is 4.47. The summed E-state index contributed by atoms with van der Waals surface area (Å²) in [5, 5.41) is -1.31. The minimum atomic E-state index is -4.10. The van der Waals surface area contributed by atoms with Gasteiger partial charge in [-0.25, -0.2) is 30.3 Å². The predicted octanol–water partition coefficient (Wildman–Crippen LogP) is 3.16. The van der Waals surface area contributed by atoms with E-state index in [1.807, 2.05) is 0 Å². The van der Waals surface area contributed by atoms with Crippen molar-refractivity contribution < 1.29 is 25.6 Å². The van der Waals surface area contributed by atoms with Crippen molar-refractivity contribution in [3.8, 4) is 0 Å². The molecule has 1 N–H and O–H groups in total. The van der Waals surface area contributed by atoms with Gasteiger partial charge in [0.15, 0.2) is 9.84 Å². The average Bonchev–Trinajstić information content (AvgIpc) is 2.71. The van der Waals surface area contributed by atoms with Gasteiger partial charge < -0.3 is 0 Å².